The van der Waals surface area contributed by atoms with Crippen LogP contribution in [-0.4, -0.2) is 22.5 Å². The molecule has 2 aromatic rings. The Labute approximate surface area is 179 Å². The first-order valence-corrected chi connectivity index (χ1v) is 10.8. The predicted octanol–water partition coefficient (Wildman–Crippen LogP) is 6.05. The van der Waals surface area contributed by atoms with Crippen LogP contribution in [0.4, 0.5) is 13.2 Å². The van der Waals surface area contributed by atoms with Gasteiger partial charge in [0.25, 0.3) is 0 Å². The van der Waals surface area contributed by atoms with E-state index < -0.39 is 11.5 Å². The molecule has 2 heterocycles. The molecule has 3 fully saturated rings. The zero-order valence-corrected chi connectivity index (χ0v) is 17.1. The van der Waals surface area contributed by atoms with Crippen molar-refractivity contribution in [2.45, 2.75) is 50.0 Å². The number of halogens is 3. The average molecular weight is 427 g/mol. The lowest BCUT2D eigenvalue weighted by molar-refractivity contribution is -0.150. The van der Waals surface area contributed by atoms with Gasteiger partial charge >= 0.3 is 5.97 Å². The molecular formula is C25H24F3NO2. The SMILES string of the molecule is O=C1CCC2(C[C@@H]3CC(F)(F)CC[C@H]3[C@@H]2C=Cc2ccc(-c3cccc(F)c3)cn2)O1. The normalized spacial score (nSPS) is 31.8. The van der Waals surface area contributed by atoms with E-state index in [-0.39, 0.29) is 42.4 Å². The van der Waals surface area contributed by atoms with Gasteiger partial charge in [-0.25, -0.2) is 13.2 Å². The third kappa shape index (κ3) is 3.88. The molecule has 5 rings (SSSR count). The number of carbonyl (C=O) groups is 1. The Morgan fingerprint density at radius 3 is 2.68 bits per heavy atom. The smallest absolute Gasteiger partial charge is 0.306 e. The van der Waals surface area contributed by atoms with Gasteiger partial charge in [0, 0.05) is 36.9 Å². The zero-order chi connectivity index (χ0) is 21.6. The largest absolute Gasteiger partial charge is 0.458 e. The lowest BCUT2D eigenvalue weighted by Crippen LogP contribution is -2.35. The molecule has 1 unspecified atom stereocenters. The molecule has 1 spiro atoms. The van der Waals surface area contributed by atoms with Crippen LogP contribution >= 0.6 is 0 Å². The van der Waals surface area contributed by atoms with E-state index in [0.717, 1.165) is 16.8 Å². The van der Waals surface area contributed by atoms with Crippen molar-refractivity contribution in [3.8, 4) is 11.1 Å². The molecule has 31 heavy (non-hydrogen) atoms. The van der Waals surface area contributed by atoms with Crippen molar-refractivity contribution in [1.82, 2.24) is 4.98 Å². The van der Waals surface area contributed by atoms with Gasteiger partial charge in [-0.1, -0.05) is 24.3 Å². The fourth-order valence-electron chi connectivity index (χ4n) is 5.80. The summed E-state index contributed by atoms with van der Waals surface area (Å²) < 4.78 is 47.3. The number of hydrogen-bond donors (Lipinski definition) is 0. The fourth-order valence-corrected chi connectivity index (χ4v) is 5.80. The Morgan fingerprint density at radius 1 is 1.10 bits per heavy atom. The number of carbonyl (C=O) groups excluding carboxylic acids is 1. The van der Waals surface area contributed by atoms with Gasteiger partial charge < -0.3 is 4.74 Å². The molecule has 2 aliphatic carbocycles. The second-order valence-electron chi connectivity index (χ2n) is 9.13. The summed E-state index contributed by atoms with van der Waals surface area (Å²) >= 11 is 0. The molecule has 1 aliphatic heterocycles. The number of alkyl halides is 2. The molecule has 6 heteroatoms. The first-order chi connectivity index (χ1) is 14.8. The van der Waals surface area contributed by atoms with Crippen LogP contribution in [0.25, 0.3) is 17.2 Å². The third-order valence-electron chi connectivity index (χ3n) is 7.17. The van der Waals surface area contributed by atoms with Crippen LogP contribution in [0.5, 0.6) is 0 Å². The molecular weight excluding hydrogens is 403 g/mol. The quantitative estimate of drug-likeness (QED) is 0.560. The molecule has 162 valence electrons. The summed E-state index contributed by atoms with van der Waals surface area (Å²) in [6.45, 7) is 0. The predicted molar refractivity (Wildman–Crippen MR) is 111 cm³/mol. The first kappa shape index (κ1) is 20.3. The molecule has 1 aromatic carbocycles. The van der Waals surface area contributed by atoms with Gasteiger partial charge in [0.2, 0.25) is 5.92 Å². The van der Waals surface area contributed by atoms with Crippen LogP contribution in [0, 0.1) is 23.6 Å². The van der Waals surface area contributed by atoms with E-state index in [1.807, 2.05) is 30.4 Å². The molecule has 0 amide bonds. The Balaban J connectivity index is 1.39. The summed E-state index contributed by atoms with van der Waals surface area (Å²) in [4.78, 5) is 16.4. The van der Waals surface area contributed by atoms with Crippen molar-refractivity contribution in [2.75, 3.05) is 0 Å². The van der Waals surface area contributed by atoms with Crippen LogP contribution in [0.3, 0.4) is 0 Å². The number of ether oxygens (including phenoxy) is 1. The number of fused-ring (bicyclic) bond motifs is 1. The molecule has 1 aromatic heterocycles. The maximum Gasteiger partial charge on any atom is 0.306 e. The van der Waals surface area contributed by atoms with E-state index in [2.05, 4.69) is 4.98 Å². The third-order valence-corrected chi connectivity index (χ3v) is 7.17. The van der Waals surface area contributed by atoms with E-state index in [1.54, 1.807) is 12.3 Å². The van der Waals surface area contributed by atoms with Crippen molar-refractivity contribution in [2.24, 2.45) is 17.8 Å². The second-order valence-corrected chi connectivity index (χ2v) is 9.13. The highest BCUT2D eigenvalue weighted by Gasteiger charge is 2.60. The Bertz CT molecular complexity index is 1020. The standard InChI is InChI=1S/C25H24F3NO2/c26-19-3-1-2-16(12-19)17-4-5-20(29-15-17)6-7-22-21-8-11-25(27,28)14-18(21)13-24(22)10-9-23(30)31-24/h1-7,12,15,18,21-22H,8-11,13-14H2/t18-,21-,22+,24?/m1/s1. The van der Waals surface area contributed by atoms with Crippen LogP contribution < -0.4 is 0 Å². The average Bonchev–Trinajstić information content (AvgIpc) is 3.24. The minimum absolute atomic E-state index is 0.0789. The highest BCUT2D eigenvalue weighted by Crippen LogP contribution is 2.59. The summed E-state index contributed by atoms with van der Waals surface area (Å²) in [7, 11) is 0. The number of nitrogens with zero attached hydrogens (tertiary/aromatic N) is 1. The summed E-state index contributed by atoms with van der Waals surface area (Å²) in [5.41, 5.74) is 1.63. The minimum Gasteiger partial charge on any atom is -0.458 e. The number of rotatable bonds is 3. The van der Waals surface area contributed by atoms with Crippen LogP contribution in [-0.2, 0) is 9.53 Å². The van der Waals surface area contributed by atoms with Gasteiger partial charge in [-0.15, -0.1) is 0 Å². The van der Waals surface area contributed by atoms with Crippen molar-refractivity contribution < 1.29 is 22.7 Å². The zero-order valence-electron chi connectivity index (χ0n) is 17.1. The Morgan fingerprint density at radius 2 is 1.97 bits per heavy atom. The monoisotopic (exact) mass is 427 g/mol. The van der Waals surface area contributed by atoms with E-state index in [1.165, 1.54) is 12.1 Å². The molecule has 0 bridgehead atoms. The van der Waals surface area contributed by atoms with Crippen molar-refractivity contribution in [3.63, 3.8) is 0 Å². The van der Waals surface area contributed by atoms with Crippen LogP contribution in [0.1, 0.15) is 44.2 Å². The van der Waals surface area contributed by atoms with E-state index in [0.29, 0.717) is 25.7 Å². The van der Waals surface area contributed by atoms with Crippen molar-refractivity contribution >= 4 is 12.0 Å². The summed E-state index contributed by atoms with van der Waals surface area (Å²) in [6.07, 6.45) is 7.26. The molecule has 0 N–H and O–H groups in total. The molecule has 0 radical (unpaired) electrons. The molecule has 1 saturated heterocycles. The second kappa shape index (κ2) is 7.50. The maximum absolute atomic E-state index is 14.0. The first-order valence-electron chi connectivity index (χ1n) is 10.8. The van der Waals surface area contributed by atoms with Gasteiger partial charge in [-0.05, 0) is 60.9 Å². The number of pyridine rings is 1. The maximum atomic E-state index is 14.0. The fraction of sp³-hybridized carbons (Fsp3) is 0.440. The van der Waals surface area contributed by atoms with Gasteiger partial charge in [-0.2, -0.15) is 0 Å². The topological polar surface area (TPSA) is 39.2 Å². The van der Waals surface area contributed by atoms with Crippen LogP contribution in [0.15, 0.2) is 48.7 Å². The van der Waals surface area contributed by atoms with Crippen molar-refractivity contribution in [1.29, 1.82) is 0 Å². The molecule has 3 aliphatic rings. The highest BCUT2D eigenvalue weighted by molar-refractivity contribution is 5.72. The summed E-state index contributed by atoms with van der Waals surface area (Å²) in [6, 6.07) is 10.1. The molecule has 3 nitrogen and oxygen atoms in total. The van der Waals surface area contributed by atoms with Gasteiger partial charge in [0.1, 0.15) is 11.4 Å². The highest BCUT2D eigenvalue weighted by atomic mass is 19.3. The number of aromatic nitrogens is 1. The minimum atomic E-state index is -2.63. The summed E-state index contributed by atoms with van der Waals surface area (Å²) in [5, 5.41) is 0. The van der Waals surface area contributed by atoms with Crippen molar-refractivity contribution in [3.05, 3.63) is 60.2 Å². The van der Waals surface area contributed by atoms with E-state index in [9.17, 15) is 18.0 Å². The number of hydrogen-bond acceptors (Lipinski definition) is 3. The van der Waals surface area contributed by atoms with Gasteiger partial charge in [-0.3, -0.25) is 9.78 Å². The van der Waals surface area contributed by atoms with Crippen LogP contribution in [0.2, 0.25) is 0 Å². The lowest BCUT2D eigenvalue weighted by atomic mass is 9.75. The van der Waals surface area contributed by atoms with E-state index in [4.69, 9.17) is 4.74 Å². The summed E-state index contributed by atoms with van der Waals surface area (Å²) in [5.74, 6) is -3.28. The van der Waals surface area contributed by atoms with E-state index >= 15 is 0 Å². The molecule has 4 atom stereocenters. The number of esters is 1. The molecule has 2 saturated carbocycles. The number of benzene rings is 1. The van der Waals surface area contributed by atoms with Gasteiger partial charge in [0.05, 0.1) is 5.69 Å². The Kier molecular flexibility index (Phi) is 4.91. The Hall–Kier alpha value is -2.63. The van der Waals surface area contributed by atoms with Gasteiger partial charge in [0.15, 0.2) is 0 Å². The lowest BCUT2D eigenvalue weighted by Gasteiger charge is -2.34.